The van der Waals surface area contributed by atoms with E-state index in [4.69, 9.17) is 16.3 Å². The van der Waals surface area contributed by atoms with E-state index in [9.17, 15) is 4.79 Å². The van der Waals surface area contributed by atoms with Gasteiger partial charge in [-0.05, 0) is 36.8 Å². The molecule has 1 amide bonds. The molecule has 0 aliphatic carbocycles. The predicted molar refractivity (Wildman–Crippen MR) is 102 cm³/mol. The maximum absolute atomic E-state index is 12.2. The summed E-state index contributed by atoms with van der Waals surface area (Å²) in [5.41, 5.74) is 3.16. The predicted octanol–water partition coefficient (Wildman–Crippen LogP) is 4.38. The molecule has 6 heteroatoms. The molecular weight excluding hydrogens is 350 g/mol. The van der Waals surface area contributed by atoms with Crippen molar-refractivity contribution < 1.29 is 9.53 Å². The lowest BCUT2D eigenvalue weighted by Gasteiger charge is -2.08. The molecule has 0 unspecified atom stereocenters. The summed E-state index contributed by atoms with van der Waals surface area (Å²) in [6, 6.07) is 18.4. The van der Waals surface area contributed by atoms with Gasteiger partial charge in [0.05, 0.1) is 18.7 Å². The number of rotatable bonds is 6. The minimum Gasteiger partial charge on any atom is -0.477 e. The van der Waals surface area contributed by atoms with Crippen LogP contribution in [0.1, 0.15) is 12.5 Å². The number of nitrogens with one attached hydrogen (secondary N) is 1. The van der Waals surface area contributed by atoms with Crippen molar-refractivity contribution in [3.63, 3.8) is 0 Å². The summed E-state index contributed by atoms with van der Waals surface area (Å²) in [6.07, 6.45) is 0.228. The van der Waals surface area contributed by atoms with Crippen LogP contribution in [0, 0.1) is 0 Å². The fourth-order valence-electron chi connectivity index (χ4n) is 2.44. The molecule has 1 aromatic heterocycles. The molecule has 5 nitrogen and oxygen atoms in total. The highest BCUT2D eigenvalue weighted by molar-refractivity contribution is 6.31. The van der Waals surface area contributed by atoms with Crippen LogP contribution in [0.25, 0.3) is 11.3 Å². The van der Waals surface area contributed by atoms with Gasteiger partial charge in [-0.25, -0.2) is 0 Å². The molecule has 132 valence electrons. The Morgan fingerprint density at radius 2 is 1.81 bits per heavy atom. The Labute approximate surface area is 157 Å². The molecule has 0 saturated heterocycles. The summed E-state index contributed by atoms with van der Waals surface area (Å²) in [7, 11) is 0. The van der Waals surface area contributed by atoms with Crippen LogP contribution in [0.15, 0.2) is 60.7 Å². The molecule has 2 aromatic carbocycles. The van der Waals surface area contributed by atoms with E-state index in [1.54, 1.807) is 12.1 Å². The zero-order valence-electron chi connectivity index (χ0n) is 14.3. The third-order valence-electron chi connectivity index (χ3n) is 3.71. The number of hydrogen-bond donors (Lipinski definition) is 1. The van der Waals surface area contributed by atoms with E-state index in [2.05, 4.69) is 15.5 Å². The number of nitrogens with zero attached hydrogens (tertiary/aromatic N) is 2. The fourth-order valence-corrected chi connectivity index (χ4v) is 2.65. The number of amides is 1. The van der Waals surface area contributed by atoms with Crippen LogP contribution in [-0.4, -0.2) is 22.7 Å². The van der Waals surface area contributed by atoms with E-state index in [-0.39, 0.29) is 12.3 Å². The zero-order chi connectivity index (χ0) is 18.4. The molecule has 0 aliphatic rings. The quantitative estimate of drug-likeness (QED) is 0.702. The SMILES string of the molecule is CCOc1ccc(-c2ccc(NC(=O)Cc3ccccc3Cl)cc2)nn1. The minimum absolute atomic E-state index is 0.119. The van der Waals surface area contributed by atoms with Crippen LogP contribution in [-0.2, 0) is 11.2 Å². The van der Waals surface area contributed by atoms with Crippen LogP contribution < -0.4 is 10.1 Å². The first-order valence-electron chi connectivity index (χ1n) is 8.26. The van der Waals surface area contributed by atoms with Gasteiger partial charge in [0.25, 0.3) is 0 Å². The van der Waals surface area contributed by atoms with Crippen molar-refractivity contribution >= 4 is 23.2 Å². The summed E-state index contributed by atoms with van der Waals surface area (Å²) in [5, 5.41) is 11.6. The largest absolute Gasteiger partial charge is 0.477 e. The van der Waals surface area contributed by atoms with E-state index in [1.807, 2.05) is 55.5 Å². The van der Waals surface area contributed by atoms with Crippen molar-refractivity contribution in [1.82, 2.24) is 10.2 Å². The number of anilines is 1. The number of benzene rings is 2. The van der Waals surface area contributed by atoms with Gasteiger partial charge in [0.15, 0.2) is 0 Å². The van der Waals surface area contributed by atoms with Crippen molar-refractivity contribution in [2.45, 2.75) is 13.3 Å². The summed E-state index contributed by atoms with van der Waals surface area (Å²) < 4.78 is 5.29. The molecule has 0 bridgehead atoms. The Balaban J connectivity index is 1.64. The lowest BCUT2D eigenvalue weighted by atomic mass is 10.1. The lowest BCUT2D eigenvalue weighted by molar-refractivity contribution is -0.115. The van der Waals surface area contributed by atoms with Crippen LogP contribution in [0.2, 0.25) is 5.02 Å². The summed E-state index contributed by atoms with van der Waals surface area (Å²) >= 11 is 6.09. The van der Waals surface area contributed by atoms with Gasteiger partial charge in [0.2, 0.25) is 11.8 Å². The molecule has 1 heterocycles. The Morgan fingerprint density at radius 1 is 1.04 bits per heavy atom. The van der Waals surface area contributed by atoms with Crippen molar-refractivity contribution in [3.8, 4) is 17.1 Å². The maximum Gasteiger partial charge on any atom is 0.233 e. The van der Waals surface area contributed by atoms with Crippen molar-refractivity contribution in [2.24, 2.45) is 0 Å². The van der Waals surface area contributed by atoms with Gasteiger partial charge in [0.1, 0.15) is 0 Å². The standard InChI is InChI=1S/C20H18ClN3O2/c1-2-26-20-12-11-18(23-24-20)14-7-9-16(10-8-14)22-19(25)13-15-5-3-4-6-17(15)21/h3-12H,2,13H2,1H3,(H,22,25). The number of carbonyl (C=O) groups excluding carboxylic acids is 1. The monoisotopic (exact) mass is 367 g/mol. The molecule has 26 heavy (non-hydrogen) atoms. The van der Waals surface area contributed by atoms with Crippen molar-refractivity contribution in [3.05, 3.63) is 71.2 Å². The number of ether oxygens (including phenoxy) is 1. The van der Waals surface area contributed by atoms with Gasteiger partial charge in [-0.1, -0.05) is 41.9 Å². The molecule has 0 aliphatic heterocycles. The first-order valence-corrected chi connectivity index (χ1v) is 8.63. The van der Waals surface area contributed by atoms with E-state index >= 15 is 0 Å². The first kappa shape index (κ1) is 17.9. The van der Waals surface area contributed by atoms with Crippen LogP contribution >= 0.6 is 11.6 Å². The maximum atomic E-state index is 12.2. The molecule has 0 saturated carbocycles. The molecule has 3 aromatic rings. The Morgan fingerprint density at radius 3 is 2.46 bits per heavy atom. The Kier molecular flexibility index (Phi) is 5.81. The van der Waals surface area contributed by atoms with Crippen LogP contribution in [0.4, 0.5) is 5.69 Å². The van der Waals surface area contributed by atoms with Gasteiger partial charge < -0.3 is 10.1 Å². The average molecular weight is 368 g/mol. The van der Waals surface area contributed by atoms with Gasteiger partial charge in [-0.2, -0.15) is 0 Å². The third kappa shape index (κ3) is 4.58. The van der Waals surface area contributed by atoms with E-state index < -0.39 is 0 Å². The van der Waals surface area contributed by atoms with Gasteiger partial charge in [-0.15, -0.1) is 10.2 Å². The van der Waals surface area contributed by atoms with Gasteiger partial charge in [0, 0.05) is 22.3 Å². The van der Waals surface area contributed by atoms with Crippen molar-refractivity contribution in [2.75, 3.05) is 11.9 Å². The van der Waals surface area contributed by atoms with Gasteiger partial charge >= 0.3 is 0 Å². The molecule has 0 fully saturated rings. The smallest absolute Gasteiger partial charge is 0.233 e. The highest BCUT2D eigenvalue weighted by atomic mass is 35.5. The zero-order valence-corrected chi connectivity index (χ0v) is 15.0. The van der Waals surface area contributed by atoms with Crippen LogP contribution in [0.5, 0.6) is 5.88 Å². The number of aromatic nitrogens is 2. The number of carbonyl (C=O) groups is 1. The second-order valence-corrected chi connectivity index (χ2v) is 5.99. The second-order valence-electron chi connectivity index (χ2n) is 5.58. The van der Waals surface area contributed by atoms with Crippen LogP contribution in [0.3, 0.4) is 0 Å². The fraction of sp³-hybridized carbons (Fsp3) is 0.150. The number of hydrogen-bond acceptors (Lipinski definition) is 4. The molecule has 3 rings (SSSR count). The molecule has 0 atom stereocenters. The van der Waals surface area contributed by atoms with E-state index in [0.717, 1.165) is 16.8 Å². The molecular formula is C20H18ClN3O2. The van der Waals surface area contributed by atoms with E-state index in [0.29, 0.717) is 23.2 Å². The van der Waals surface area contributed by atoms with Gasteiger partial charge in [-0.3, -0.25) is 4.79 Å². The van der Waals surface area contributed by atoms with E-state index in [1.165, 1.54) is 0 Å². The normalized spacial score (nSPS) is 10.4. The van der Waals surface area contributed by atoms with Crippen molar-refractivity contribution in [1.29, 1.82) is 0 Å². The molecule has 1 N–H and O–H groups in total. The summed E-state index contributed by atoms with van der Waals surface area (Å²) in [4.78, 5) is 12.2. The minimum atomic E-state index is -0.119. The highest BCUT2D eigenvalue weighted by Crippen LogP contribution is 2.21. The number of halogens is 1. The Hall–Kier alpha value is -2.92. The molecule has 0 radical (unpaired) electrons. The highest BCUT2D eigenvalue weighted by Gasteiger charge is 2.08. The second kappa shape index (κ2) is 8.45. The lowest BCUT2D eigenvalue weighted by Crippen LogP contribution is -2.14. The first-order chi connectivity index (χ1) is 12.7. The summed E-state index contributed by atoms with van der Waals surface area (Å²) in [6.45, 7) is 2.45. The third-order valence-corrected chi connectivity index (χ3v) is 4.07. The molecule has 0 spiro atoms. The topological polar surface area (TPSA) is 64.1 Å². The Bertz CT molecular complexity index is 880. The average Bonchev–Trinajstić information content (AvgIpc) is 2.65. The summed E-state index contributed by atoms with van der Waals surface area (Å²) in [5.74, 6) is 0.381.